The second-order valence-electron chi connectivity index (χ2n) is 3.61. The summed E-state index contributed by atoms with van der Waals surface area (Å²) in [6, 6.07) is 5.57. The standard InChI is InChI=1S/C11H11ClO3S/c1-15-10-4-2-9-7-11(16(12,13)14)5-3-8(9)6-10/h2,4,6-7H,3,5H2,1H3. The molecule has 0 saturated carbocycles. The molecule has 16 heavy (non-hydrogen) atoms. The van der Waals surface area contributed by atoms with Crippen LogP contribution >= 0.6 is 10.7 Å². The Labute approximate surface area is 99.1 Å². The number of methoxy groups -OCH3 is 1. The van der Waals surface area contributed by atoms with Gasteiger partial charge in [-0.2, -0.15) is 0 Å². The van der Waals surface area contributed by atoms with Gasteiger partial charge < -0.3 is 4.74 Å². The Hall–Kier alpha value is -1.00. The van der Waals surface area contributed by atoms with Crippen molar-refractivity contribution in [2.45, 2.75) is 12.8 Å². The first-order valence-electron chi connectivity index (χ1n) is 4.83. The van der Waals surface area contributed by atoms with Crippen molar-refractivity contribution in [1.82, 2.24) is 0 Å². The first-order valence-corrected chi connectivity index (χ1v) is 7.14. The molecule has 1 aromatic carbocycles. The van der Waals surface area contributed by atoms with Gasteiger partial charge >= 0.3 is 0 Å². The van der Waals surface area contributed by atoms with Gasteiger partial charge in [0.15, 0.2) is 0 Å². The lowest BCUT2D eigenvalue weighted by Gasteiger charge is -2.15. The summed E-state index contributed by atoms with van der Waals surface area (Å²) in [6.07, 6.45) is 2.75. The Morgan fingerprint density at radius 1 is 1.31 bits per heavy atom. The molecule has 1 aromatic rings. The number of hydrogen-bond acceptors (Lipinski definition) is 3. The number of rotatable bonds is 2. The van der Waals surface area contributed by atoms with E-state index in [1.165, 1.54) is 0 Å². The molecule has 1 aliphatic rings. The lowest BCUT2D eigenvalue weighted by Crippen LogP contribution is -2.04. The van der Waals surface area contributed by atoms with E-state index in [9.17, 15) is 8.42 Å². The van der Waals surface area contributed by atoms with Crippen molar-refractivity contribution in [3.05, 3.63) is 34.2 Å². The number of benzene rings is 1. The van der Waals surface area contributed by atoms with Crippen LogP contribution in [0.1, 0.15) is 17.5 Å². The molecule has 1 aliphatic carbocycles. The molecule has 5 heteroatoms. The molecule has 0 radical (unpaired) electrons. The highest BCUT2D eigenvalue weighted by atomic mass is 35.7. The predicted molar refractivity (Wildman–Crippen MR) is 64.1 cm³/mol. The monoisotopic (exact) mass is 258 g/mol. The maximum Gasteiger partial charge on any atom is 0.257 e. The van der Waals surface area contributed by atoms with E-state index in [4.69, 9.17) is 15.4 Å². The van der Waals surface area contributed by atoms with Crippen LogP contribution in [0.15, 0.2) is 23.1 Å². The molecule has 0 unspecified atom stereocenters. The molecule has 0 spiro atoms. The Morgan fingerprint density at radius 2 is 2.06 bits per heavy atom. The molecular weight excluding hydrogens is 248 g/mol. The first-order chi connectivity index (χ1) is 7.50. The first kappa shape index (κ1) is 11.5. The quantitative estimate of drug-likeness (QED) is 0.766. The Morgan fingerprint density at radius 3 is 2.69 bits per heavy atom. The smallest absolute Gasteiger partial charge is 0.257 e. The van der Waals surface area contributed by atoms with Gasteiger partial charge in [-0.25, -0.2) is 8.42 Å². The Kier molecular flexibility index (Phi) is 2.95. The van der Waals surface area contributed by atoms with Crippen molar-refractivity contribution in [2.75, 3.05) is 7.11 Å². The third kappa shape index (κ3) is 2.23. The minimum Gasteiger partial charge on any atom is -0.497 e. The zero-order chi connectivity index (χ0) is 11.8. The molecule has 0 atom stereocenters. The number of aryl methyl sites for hydroxylation is 1. The number of hydrogen-bond donors (Lipinski definition) is 0. The van der Waals surface area contributed by atoms with Crippen LogP contribution < -0.4 is 4.74 Å². The van der Waals surface area contributed by atoms with E-state index in [1.807, 2.05) is 12.1 Å². The van der Waals surface area contributed by atoms with E-state index < -0.39 is 9.05 Å². The summed E-state index contributed by atoms with van der Waals surface area (Å²) >= 11 is 0. The van der Waals surface area contributed by atoms with Gasteiger partial charge in [0, 0.05) is 10.7 Å². The SMILES string of the molecule is COc1ccc2c(c1)CCC(S(=O)(=O)Cl)=C2. The maximum absolute atomic E-state index is 11.2. The van der Waals surface area contributed by atoms with Crippen LogP contribution in [0.4, 0.5) is 0 Å². The van der Waals surface area contributed by atoms with Crippen LogP contribution in [0.3, 0.4) is 0 Å². The van der Waals surface area contributed by atoms with Gasteiger partial charge in [-0.1, -0.05) is 6.07 Å². The topological polar surface area (TPSA) is 43.4 Å². The summed E-state index contributed by atoms with van der Waals surface area (Å²) in [4.78, 5) is 0.284. The lowest BCUT2D eigenvalue weighted by molar-refractivity contribution is 0.414. The second kappa shape index (κ2) is 4.11. The fourth-order valence-corrected chi connectivity index (χ4v) is 2.74. The van der Waals surface area contributed by atoms with Gasteiger partial charge in [0.25, 0.3) is 9.05 Å². The highest BCUT2D eigenvalue weighted by Gasteiger charge is 2.19. The fraction of sp³-hybridized carbons (Fsp3) is 0.273. The molecule has 0 amide bonds. The van der Waals surface area contributed by atoms with E-state index in [1.54, 1.807) is 19.3 Å². The summed E-state index contributed by atoms with van der Waals surface area (Å²) in [5, 5.41) is 0. The molecule has 0 aliphatic heterocycles. The molecule has 0 heterocycles. The third-order valence-electron chi connectivity index (χ3n) is 2.62. The van der Waals surface area contributed by atoms with Gasteiger partial charge in [-0.05, 0) is 42.2 Å². The summed E-state index contributed by atoms with van der Waals surface area (Å²) < 4.78 is 27.5. The average molecular weight is 259 g/mol. The van der Waals surface area contributed by atoms with E-state index in [0.29, 0.717) is 12.8 Å². The van der Waals surface area contributed by atoms with Crippen molar-refractivity contribution in [3.63, 3.8) is 0 Å². The van der Waals surface area contributed by atoms with E-state index >= 15 is 0 Å². The van der Waals surface area contributed by atoms with Crippen LogP contribution in [0.2, 0.25) is 0 Å². The number of ether oxygens (including phenoxy) is 1. The van der Waals surface area contributed by atoms with Crippen LogP contribution in [0.5, 0.6) is 5.75 Å². The number of halogens is 1. The molecule has 2 rings (SSSR count). The Balaban J connectivity index is 2.46. The van der Waals surface area contributed by atoms with Crippen molar-refractivity contribution in [3.8, 4) is 5.75 Å². The predicted octanol–water partition coefficient (Wildman–Crippen LogP) is 2.55. The van der Waals surface area contributed by atoms with Crippen molar-refractivity contribution in [1.29, 1.82) is 0 Å². The fourth-order valence-electron chi connectivity index (χ4n) is 1.76. The molecule has 0 bridgehead atoms. The molecule has 86 valence electrons. The van der Waals surface area contributed by atoms with Crippen LogP contribution in [0.25, 0.3) is 6.08 Å². The van der Waals surface area contributed by atoms with E-state index in [-0.39, 0.29) is 4.91 Å². The molecule has 0 fully saturated rings. The Bertz CT molecular complexity index is 546. The average Bonchev–Trinajstić information content (AvgIpc) is 2.26. The van der Waals surface area contributed by atoms with E-state index in [0.717, 1.165) is 16.9 Å². The highest BCUT2D eigenvalue weighted by molar-refractivity contribution is 8.16. The van der Waals surface area contributed by atoms with Crippen LogP contribution in [-0.4, -0.2) is 15.5 Å². The zero-order valence-corrected chi connectivity index (χ0v) is 10.3. The van der Waals surface area contributed by atoms with Crippen molar-refractivity contribution in [2.24, 2.45) is 0 Å². The molecule has 0 N–H and O–H groups in total. The molecular formula is C11H11ClO3S. The van der Waals surface area contributed by atoms with Gasteiger partial charge in [0.2, 0.25) is 0 Å². The minimum atomic E-state index is -3.58. The normalized spacial score (nSPS) is 15.2. The number of fused-ring (bicyclic) bond motifs is 1. The summed E-state index contributed by atoms with van der Waals surface area (Å²) in [5.41, 5.74) is 1.98. The minimum absolute atomic E-state index is 0.284. The van der Waals surface area contributed by atoms with Crippen molar-refractivity contribution >= 4 is 25.8 Å². The lowest BCUT2D eigenvalue weighted by atomic mass is 9.97. The second-order valence-corrected chi connectivity index (χ2v) is 6.23. The van der Waals surface area contributed by atoms with Gasteiger partial charge in [0.1, 0.15) is 5.75 Å². The van der Waals surface area contributed by atoms with Crippen molar-refractivity contribution < 1.29 is 13.2 Å². The number of allylic oxidation sites excluding steroid dienone is 1. The van der Waals surface area contributed by atoms with Gasteiger partial charge in [-0.3, -0.25) is 0 Å². The largest absolute Gasteiger partial charge is 0.497 e. The zero-order valence-electron chi connectivity index (χ0n) is 8.73. The highest BCUT2D eigenvalue weighted by Crippen LogP contribution is 2.30. The molecule has 0 aromatic heterocycles. The summed E-state index contributed by atoms with van der Waals surface area (Å²) in [5.74, 6) is 0.782. The maximum atomic E-state index is 11.2. The molecule has 3 nitrogen and oxygen atoms in total. The summed E-state index contributed by atoms with van der Waals surface area (Å²) in [6.45, 7) is 0. The third-order valence-corrected chi connectivity index (χ3v) is 4.16. The van der Waals surface area contributed by atoms with Gasteiger partial charge in [-0.15, -0.1) is 0 Å². The van der Waals surface area contributed by atoms with E-state index in [2.05, 4.69) is 0 Å². The van der Waals surface area contributed by atoms with Gasteiger partial charge in [0.05, 0.1) is 12.0 Å². The molecule has 0 saturated heterocycles. The van der Waals surface area contributed by atoms with Crippen LogP contribution in [0, 0.1) is 0 Å². The summed E-state index contributed by atoms with van der Waals surface area (Å²) in [7, 11) is 3.34. The van der Waals surface area contributed by atoms with Crippen LogP contribution in [-0.2, 0) is 15.5 Å².